The van der Waals surface area contributed by atoms with Crippen molar-refractivity contribution in [3.8, 4) is 17.2 Å². The van der Waals surface area contributed by atoms with Crippen LogP contribution in [-0.4, -0.2) is 27.9 Å². The summed E-state index contributed by atoms with van der Waals surface area (Å²) in [4.78, 5) is 37.8. The van der Waals surface area contributed by atoms with Gasteiger partial charge in [0.05, 0.1) is 28.3 Å². The molecule has 5 rings (SSSR count). The van der Waals surface area contributed by atoms with Crippen LogP contribution in [0.5, 0.6) is 0 Å². The molecule has 220 valence electrons. The number of nitriles is 1. The summed E-state index contributed by atoms with van der Waals surface area (Å²) in [5.74, 6) is -2.09. The van der Waals surface area contributed by atoms with E-state index in [9.17, 15) is 37.9 Å². The topological polar surface area (TPSA) is 145 Å². The normalized spacial score (nSPS) is 11.9. The van der Waals surface area contributed by atoms with Gasteiger partial charge in [0.15, 0.2) is 17.1 Å². The van der Waals surface area contributed by atoms with Crippen LogP contribution in [0.2, 0.25) is 0 Å². The van der Waals surface area contributed by atoms with E-state index in [1.807, 2.05) is 6.07 Å². The number of aliphatic hydroxyl groups excluding tert-OH is 1. The third kappa shape index (κ3) is 6.04. The standard InChI is InChI=1S/C32H21F3N4O5/c1-17(40)37-21-9-11-22(25(15-21)32(33,34)35)20-8-10-23-27(14-20)44-39-28(23)31(43)38-26-12-7-18(16-36)13-24(26)30(42)29(41)19-5-3-2-4-6-19/h2-15,29,41H,1H3,(H,37,40)(H,38,43). The number of fused-ring (bicyclic) bond motifs is 1. The van der Waals surface area contributed by atoms with Crippen molar-refractivity contribution in [1.29, 1.82) is 5.26 Å². The lowest BCUT2D eigenvalue weighted by molar-refractivity contribution is -0.137. The number of hydrogen-bond donors (Lipinski definition) is 3. The maximum atomic E-state index is 13.9. The van der Waals surface area contributed by atoms with Crippen molar-refractivity contribution in [2.24, 2.45) is 0 Å². The van der Waals surface area contributed by atoms with Gasteiger partial charge in [-0.25, -0.2) is 0 Å². The molecule has 1 heterocycles. The average Bonchev–Trinajstić information content (AvgIpc) is 3.44. The predicted molar refractivity (Wildman–Crippen MR) is 154 cm³/mol. The van der Waals surface area contributed by atoms with Gasteiger partial charge in [-0.3, -0.25) is 14.4 Å². The number of benzene rings is 4. The molecule has 0 fully saturated rings. The van der Waals surface area contributed by atoms with Crippen molar-refractivity contribution >= 4 is 39.9 Å². The monoisotopic (exact) mass is 598 g/mol. The Kier molecular flexibility index (Phi) is 7.98. The van der Waals surface area contributed by atoms with E-state index in [-0.39, 0.29) is 50.3 Å². The van der Waals surface area contributed by atoms with Gasteiger partial charge in [-0.05, 0) is 59.2 Å². The van der Waals surface area contributed by atoms with E-state index in [0.717, 1.165) is 6.07 Å². The number of amides is 2. The zero-order chi connectivity index (χ0) is 31.6. The van der Waals surface area contributed by atoms with E-state index in [2.05, 4.69) is 15.8 Å². The van der Waals surface area contributed by atoms with Crippen molar-refractivity contribution in [3.63, 3.8) is 0 Å². The van der Waals surface area contributed by atoms with E-state index in [1.165, 1.54) is 55.5 Å². The molecule has 0 spiro atoms. The van der Waals surface area contributed by atoms with Crippen LogP contribution < -0.4 is 10.6 Å². The second-order valence-corrected chi connectivity index (χ2v) is 9.69. The fourth-order valence-electron chi connectivity index (χ4n) is 4.62. The molecule has 1 atom stereocenters. The van der Waals surface area contributed by atoms with Crippen LogP contribution in [0.25, 0.3) is 22.1 Å². The first kappa shape index (κ1) is 29.7. The molecule has 0 saturated carbocycles. The number of alkyl halides is 3. The second kappa shape index (κ2) is 11.8. The third-order valence-electron chi connectivity index (χ3n) is 6.67. The Morgan fingerprint density at radius 3 is 2.39 bits per heavy atom. The van der Waals surface area contributed by atoms with E-state index in [1.54, 1.807) is 30.3 Å². The van der Waals surface area contributed by atoms with E-state index in [4.69, 9.17) is 4.52 Å². The molecular formula is C32H21F3N4O5. The molecule has 12 heteroatoms. The molecule has 0 aliphatic carbocycles. The first-order chi connectivity index (χ1) is 21.0. The van der Waals surface area contributed by atoms with Gasteiger partial charge in [0, 0.05) is 18.2 Å². The van der Waals surface area contributed by atoms with Crippen molar-refractivity contribution in [2.45, 2.75) is 19.2 Å². The molecule has 0 radical (unpaired) electrons. The average molecular weight is 599 g/mol. The predicted octanol–water partition coefficient (Wildman–Crippen LogP) is 6.51. The van der Waals surface area contributed by atoms with Gasteiger partial charge >= 0.3 is 6.18 Å². The number of anilines is 2. The van der Waals surface area contributed by atoms with Crippen LogP contribution in [0.1, 0.15) is 50.6 Å². The summed E-state index contributed by atoms with van der Waals surface area (Å²) in [6.07, 6.45) is -6.31. The van der Waals surface area contributed by atoms with Gasteiger partial charge in [0.2, 0.25) is 5.91 Å². The van der Waals surface area contributed by atoms with Gasteiger partial charge in [-0.2, -0.15) is 18.4 Å². The number of carbonyl (C=O) groups excluding carboxylic acids is 3. The van der Waals surface area contributed by atoms with Crippen LogP contribution >= 0.6 is 0 Å². The minimum atomic E-state index is -4.74. The smallest absolute Gasteiger partial charge is 0.380 e. The number of rotatable bonds is 7. The maximum Gasteiger partial charge on any atom is 0.417 e. The van der Waals surface area contributed by atoms with Crippen LogP contribution in [0, 0.1) is 11.3 Å². The lowest BCUT2D eigenvalue weighted by Gasteiger charge is -2.15. The molecule has 2 amide bonds. The molecule has 0 saturated heterocycles. The lowest BCUT2D eigenvalue weighted by atomic mass is 9.97. The summed E-state index contributed by atoms with van der Waals surface area (Å²) in [5, 5.41) is 28.9. The number of nitrogens with one attached hydrogen (secondary N) is 2. The Labute approximate surface area is 247 Å². The summed E-state index contributed by atoms with van der Waals surface area (Å²) in [6.45, 7) is 1.18. The summed E-state index contributed by atoms with van der Waals surface area (Å²) < 4.78 is 47.0. The highest BCUT2D eigenvalue weighted by atomic mass is 19.4. The molecule has 5 aromatic rings. The van der Waals surface area contributed by atoms with Crippen molar-refractivity contribution in [2.75, 3.05) is 10.6 Å². The minimum absolute atomic E-state index is 0.00386. The number of Topliss-reactive ketones (excluding diaryl/α,β-unsaturated/α-hetero) is 1. The van der Waals surface area contributed by atoms with Crippen LogP contribution in [-0.2, 0) is 11.0 Å². The first-order valence-electron chi connectivity index (χ1n) is 13.0. The zero-order valence-corrected chi connectivity index (χ0v) is 22.8. The Morgan fingerprint density at radius 1 is 0.955 bits per heavy atom. The molecule has 3 N–H and O–H groups in total. The Morgan fingerprint density at radius 2 is 1.70 bits per heavy atom. The Bertz CT molecular complexity index is 1960. The van der Waals surface area contributed by atoms with Gasteiger partial charge in [0.25, 0.3) is 5.91 Å². The summed E-state index contributed by atoms with van der Waals surface area (Å²) in [6, 6.07) is 21.4. The fourth-order valence-corrected chi connectivity index (χ4v) is 4.62. The Hall–Kier alpha value is -5.80. The summed E-state index contributed by atoms with van der Waals surface area (Å²) in [5.41, 5.74) is -0.963. The highest BCUT2D eigenvalue weighted by Crippen LogP contribution is 2.40. The molecule has 0 aliphatic rings. The van der Waals surface area contributed by atoms with Crippen LogP contribution in [0.15, 0.2) is 89.5 Å². The first-order valence-corrected chi connectivity index (χ1v) is 13.0. The summed E-state index contributed by atoms with van der Waals surface area (Å²) in [7, 11) is 0. The van der Waals surface area contributed by atoms with E-state index < -0.39 is 35.4 Å². The molecule has 1 aromatic heterocycles. The molecule has 0 bridgehead atoms. The van der Waals surface area contributed by atoms with Crippen LogP contribution in [0.4, 0.5) is 24.5 Å². The number of aliphatic hydroxyl groups is 1. The minimum Gasteiger partial charge on any atom is -0.380 e. The second-order valence-electron chi connectivity index (χ2n) is 9.69. The highest BCUT2D eigenvalue weighted by molar-refractivity contribution is 6.14. The van der Waals surface area contributed by atoms with Crippen molar-refractivity contribution in [1.82, 2.24) is 5.16 Å². The highest BCUT2D eigenvalue weighted by Gasteiger charge is 2.34. The van der Waals surface area contributed by atoms with E-state index in [0.29, 0.717) is 5.56 Å². The molecule has 1 unspecified atom stereocenters. The fraction of sp³-hybridized carbons (Fsp3) is 0.0938. The molecule has 0 aliphatic heterocycles. The van der Waals surface area contributed by atoms with Crippen molar-refractivity contribution < 1.29 is 37.2 Å². The zero-order valence-electron chi connectivity index (χ0n) is 22.8. The van der Waals surface area contributed by atoms with E-state index >= 15 is 0 Å². The maximum absolute atomic E-state index is 13.9. The quantitative estimate of drug-likeness (QED) is 0.181. The molecule has 4 aromatic carbocycles. The van der Waals surface area contributed by atoms with Gasteiger partial charge in [-0.1, -0.05) is 47.6 Å². The van der Waals surface area contributed by atoms with Gasteiger partial charge in [-0.15, -0.1) is 0 Å². The number of ketones is 1. The largest absolute Gasteiger partial charge is 0.417 e. The Balaban J connectivity index is 1.46. The number of hydrogen-bond acceptors (Lipinski definition) is 7. The number of carbonyl (C=O) groups is 3. The molecule has 9 nitrogen and oxygen atoms in total. The molecular weight excluding hydrogens is 577 g/mol. The van der Waals surface area contributed by atoms with Gasteiger partial charge in [0.1, 0.15) is 6.10 Å². The third-order valence-corrected chi connectivity index (χ3v) is 6.67. The number of aromatic nitrogens is 1. The number of halogens is 3. The SMILES string of the molecule is CC(=O)Nc1ccc(-c2ccc3c(C(=O)Nc4ccc(C#N)cc4C(=O)C(O)c4ccccc4)noc3c2)c(C(F)(F)F)c1. The summed E-state index contributed by atoms with van der Waals surface area (Å²) >= 11 is 0. The number of nitrogens with zero attached hydrogens (tertiary/aromatic N) is 2. The van der Waals surface area contributed by atoms with Crippen LogP contribution in [0.3, 0.4) is 0 Å². The van der Waals surface area contributed by atoms with Gasteiger partial charge < -0.3 is 20.3 Å². The lowest BCUT2D eigenvalue weighted by Crippen LogP contribution is -2.18. The van der Waals surface area contributed by atoms with Crippen molar-refractivity contribution in [3.05, 3.63) is 113 Å². The molecule has 44 heavy (non-hydrogen) atoms.